The van der Waals surface area contributed by atoms with Gasteiger partial charge in [0.25, 0.3) is 0 Å². The van der Waals surface area contributed by atoms with E-state index in [1.54, 1.807) is 11.0 Å². The molecule has 1 heterocycles. The standard InChI is InChI=1S/C15H23ClN2O2/c1-3-15(4-2)12(19)17-14(8-5-6-9-14)13(20)18(15)11-7-10-16/h7,10H,3-6,8-9,11H2,1-2H3,(H,17,19)/b10-7+. The fraction of sp³-hybridized carbons (Fsp3) is 0.733. The Morgan fingerprint density at radius 3 is 2.35 bits per heavy atom. The molecule has 0 radical (unpaired) electrons. The molecule has 4 nitrogen and oxygen atoms in total. The van der Waals surface area contributed by atoms with Gasteiger partial charge in [0, 0.05) is 12.1 Å². The zero-order valence-corrected chi connectivity index (χ0v) is 13.0. The zero-order valence-electron chi connectivity index (χ0n) is 12.2. The average molecular weight is 299 g/mol. The van der Waals surface area contributed by atoms with Gasteiger partial charge in [0.05, 0.1) is 0 Å². The van der Waals surface area contributed by atoms with Crippen LogP contribution in [0.25, 0.3) is 0 Å². The molecule has 1 saturated carbocycles. The fourth-order valence-corrected chi connectivity index (χ4v) is 3.72. The molecule has 2 rings (SSSR count). The van der Waals surface area contributed by atoms with Crippen LogP contribution in [0, 0.1) is 0 Å². The minimum atomic E-state index is -0.735. The third kappa shape index (κ3) is 2.14. The lowest BCUT2D eigenvalue weighted by molar-refractivity contribution is -0.163. The summed E-state index contributed by atoms with van der Waals surface area (Å²) in [5, 5.41) is 3.05. The highest BCUT2D eigenvalue weighted by molar-refractivity contribution is 6.25. The lowest BCUT2D eigenvalue weighted by atomic mass is 9.80. The summed E-state index contributed by atoms with van der Waals surface area (Å²) in [5.74, 6) is 0.0556. The third-order valence-corrected chi connectivity index (χ3v) is 5.13. The molecule has 1 aliphatic carbocycles. The molecule has 0 unspecified atom stereocenters. The van der Waals surface area contributed by atoms with Crippen LogP contribution in [0.2, 0.25) is 0 Å². The van der Waals surface area contributed by atoms with Crippen LogP contribution in [0.5, 0.6) is 0 Å². The van der Waals surface area contributed by atoms with E-state index in [2.05, 4.69) is 5.32 Å². The van der Waals surface area contributed by atoms with Crippen LogP contribution in [0.3, 0.4) is 0 Å². The molecule has 0 aromatic rings. The van der Waals surface area contributed by atoms with Crippen LogP contribution in [-0.2, 0) is 9.59 Å². The van der Waals surface area contributed by atoms with E-state index in [-0.39, 0.29) is 11.8 Å². The topological polar surface area (TPSA) is 49.4 Å². The Bertz CT molecular complexity index is 424. The number of amides is 2. The molecule has 1 N–H and O–H groups in total. The van der Waals surface area contributed by atoms with Crippen molar-refractivity contribution < 1.29 is 9.59 Å². The highest BCUT2D eigenvalue weighted by atomic mass is 35.5. The Balaban J connectivity index is 2.40. The third-order valence-electron chi connectivity index (χ3n) is 4.95. The summed E-state index contributed by atoms with van der Waals surface area (Å²) >= 11 is 5.62. The smallest absolute Gasteiger partial charge is 0.249 e. The van der Waals surface area contributed by atoms with Gasteiger partial charge in [-0.2, -0.15) is 0 Å². The van der Waals surface area contributed by atoms with Gasteiger partial charge < -0.3 is 10.2 Å². The highest BCUT2D eigenvalue weighted by Gasteiger charge is 2.57. The molecule has 2 aliphatic rings. The normalized spacial score (nSPS) is 24.6. The predicted molar refractivity (Wildman–Crippen MR) is 79.4 cm³/mol. The number of hydrogen-bond donors (Lipinski definition) is 1. The van der Waals surface area contributed by atoms with E-state index < -0.39 is 11.1 Å². The van der Waals surface area contributed by atoms with Gasteiger partial charge in [-0.3, -0.25) is 9.59 Å². The van der Waals surface area contributed by atoms with Gasteiger partial charge in [-0.15, -0.1) is 0 Å². The lowest BCUT2D eigenvalue weighted by Gasteiger charge is -2.51. The number of nitrogens with zero attached hydrogens (tertiary/aromatic N) is 1. The summed E-state index contributed by atoms with van der Waals surface area (Å²) in [6, 6.07) is 0. The van der Waals surface area contributed by atoms with Gasteiger partial charge >= 0.3 is 0 Å². The lowest BCUT2D eigenvalue weighted by Crippen LogP contribution is -2.74. The molecule has 20 heavy (non-hydrogen) atoms. The summed E-state index contributed by atoms with van der Waals surface area (Å²) in [6.07, 6.45) is 6.47. The van der Waals surface area contributed by atoms with Gasteiger partial charge in [0.2, 0.25) is 11.8 Å². The summed E-state index contributed by atoms with van der Waals surface area (Å²) in [7, 11) is 0. The highest BCUT2D eigenvalue weighted by Crippen LogP contribution is 2.39. The molecule has 2 fully saturated rings. The first kappa shape index (κ1) is 15.4. The van der Waals surface area contributed by atoms with E-state index in [0.717, 1.165) is 25.7 Å². The van der Waals surface area contributed by atoms with Crippen molar-refractivity contribution in [3.05, 3.63) is 11.6 Å². The van der Waals surface area contributed by atoms with Crippen LogP contribution in [0.15, 0.2) is 11.6 Å². The first-order valence-corrected chi connectivity index (χ1v) is 7.90. The maximum Gasteiger partial charge on any atom is 0.249 e. The SMILES string of the molecule is CCC1(CC)C(=O)NC2(CCCC2)C(=O)N1C/C=C/Cl. The molecular formula is C15H23ClN2O2. The maximum atomic E-state index is 13.0. The summed E-state index contributed by atoms with van der Waals surface area (Å²) < 4.78 is 0. The Labute approximate surface area is 125 Å². The van der Waals surface area contributed by atoms with E-state index in [1.807, 2.05) is 13.8 Å². The van der Waals surface area contributed by atoms with Crippen LogP contribution < -0.4 is 5.32 Å². The monoisotopic (exact) mass is 298 g/mol. The average Bonchev–Trinajstić information content (AvgIpc) is 2.91. The second kappa shape index (κ2) is 5.76. The van der Waals surface area contributed by atoms with Crippen molar-refractivity contribution >= 4 is 23.4 Å². The Morgan fingerprint density at radius 1 is 1.25 bits per heavy atom. The molecule has 0 atom stereocenters. The number of piperazine rings is 1. The number of carbonyl (C=O) groups excluding carboxylic acids is 2. The molecule has 112 valence electrons. The molecule has 1 spiro atoms. The Kier molecular flexibility index (Phi) is 4.43. The van der Waals surface area contributed by atoms with Crippen molar-refractivity contribution in [2.75, 3.05) is 6.54 Å². The van der Waals surface area contributed by atoms with E-state index in [9.17, 15) is 9.59 Å². The second-order valence-electron chi connectivity index (χ2n) is 5.76. The van der Waals surface area contributed by atoms with Crippen molar-refractivity contribution in [3.8, 4) is 0 Å². The van der Waals surface area contributed by atoms with Gasteiger partial charge in [-0.25, -0.2) is 0 Å². The van der Waals surface area contributed by atoms with Gasteiger partial charge in [-0.05, 0) is 25.7 Å². The molecule has 0 aromatic heterocycles. The summed E-state index contributed by atoms with van der Waals surface area (Å²) in [6.45, 7) is 4.32. The number of nitrogens with one attached hydrogen (secondary N) is 1. The first-order chi connectivity index (χ1) is 9.56. The molecule has 1 saturated heterocycles. The number of carbonyl (C=O) groups is 2. The van der Waals surface area contributed by atoms with Crippen molar-refractivity contribution in [1.82, 2.24) is 10.2 Å². The second-order valence-corrected chi connectivity index (χ2v) is 6.01. The zero-order chi connectivity index (χ0) is 14.8. The van der Waals surface area contributed by atoms with Crippen LogP contribution in [0.1, 0.15) is 52.4 Å². The maximum absolute atomic E-state index is 13.0. The molecular weight excluding hydrogens is 276 g/mol. The number of hydrogen-bond acceptors (Lipinski definition) is 2. The van der Waals surface area contributed by atoms with Gasteiger partial charge in [-0.1, -0.05) is 44.4 Å². The Morgan fingerprint density at radius 2 is 1.85 bits per heavy atom. The van der Waals surface area contributed by atoms with Crippen molar-refractivity contribution in [2.24, 2.45) is 0 Å². The number of halogens is 1. The quantitative estimate of drug-likeness (QED) is 0.867. The number of rotatable bonds is 4. The molecule has 0 bridgehead atoms. The van der Waals surface area contributed by atoms with E-state index in [0.29, 0.717) is 19.4 Å². The van der Waals surface area contributed by atoms with E-state index in [4.69, 9.17) is 11.6 Å². The van der Waals surface area contributed by atoms with Crippen molar-refractivity contribution in [2.45, 2.75) is 63.5 Å². The predicted octanol–water partition coefficient (Wildman–Crippen LogP) is 2.57. The van der Waals surface area contributed by atoms with Crippen LogP contribution in [0.4, 0.5) is 0 Å². The molecule has 5 heteroatoms. The fourth-order valence-electron chi connectivity index (χ4n) is 3.64. The minimum absolute atomic E-state index is 0.00743. The van der Waals surface area contributed by atoms with Gasteiger partial charge in [0.1, 0.15) is 11.1 Å². The molecule has 1 aliphatic heterocycles. The van der Waals surface area contributed by atoms with Gasteiger partial charge in [0.15, 0.2) is 0 Å². The molecule has 0 aromatic carbocycles. The minimum Gasteiger partial charge on any atom is -0.340 e. The first-order valence-electron chi connectivity index (χ1n) is 7.46. The van der Waals surface area contributed by atoms with Crippen molar-refractivity contribution in [3.63, 3.8) is 0 Å². The summed E-state index contributed by atoms with van der Waals surface area (Å²) in [4.78, 5) is 27.4. The largest absolute Gasteiger partial charge is 0.340 e. The van der Waals surface area contributed by atoms with Crippen LogP contribution in [-0.4, -0.2) is 34.3 Å². The summed E-state index contributed by atoms with van der Waals surface area (Å²) in [5.41, 5.74) is 0.0175. The van der Waals surface area contributed by atoms with Crippen molar-refractivity contribution in [1.29, 1.82) is 0 Å². The van der Waals surface area contributed by atoms with E-state index in [1.165, 1.54) is 5.54 Å². The molecule has 2 amide bonds. The Hall–Kier alpha value is -1.03. The van der Waals surface area contributed by atoms with Crippen LogP contribution >= 0.6 is 11.6 Å². The van der Waals surface area contributed by atoms with E-state index >= 15 is 0 Å².